The van der Waals surface area contributed by atoms with Gasteiger partial charge in [0.1, 0.15) is 6.10 Å². The van der Waals surface area contributed by atoms with Gasteiger partial charge >= 0.3 is 0 Å². The first-order valence-electron chi connectivity index (χ1n) is 8.92. The summed E-state index contributed by atoms with van der Waals surface area (Å²) in [6.45, 7) is 3.19. The number of hydrogen-bond donors (Lipinski definition) is 2. The molecule has 2 aliphatic carbocycles. The van der Waals surface area contributed by atoms with Gasteiger partial charge in [0.05, 0.1) is 12.7 Å². The third-order valence-corrected chi connectivity index (χ3v) is 5.61. The van der Waals surface area contributed by atoms with Crippen molar-refractivity contribution in [1.29, 1.82) is 0 Å². The normalized spacial score (nSPS) is 37.7. The Morgan fingerprint density at radius 1 is 1.26 bits per heavy atom. The summed E-state index contributed by atoms with van der Waals surface area (Å²) in [7, 11) is 0. The van der Waals surface area contributed by atoms with Crippen LogP contribution in [0.5, 0.6) is 0 Å². The highest BCUT2D eigenvalue weighted by atomic mass is 35.5. The zero-order valence-electron chi connectivity index (χ0n) is 14.0. The summed E-state index contributed by atoms with van der Waals surface area (Å²) < 4.78 is 11.2. The van der Waals surface area contributed by atoms with E-state index in [1.165, 1.54) is 19.3 Å². The van der Waals surface area contributed by atoms with E-state index in [0.29, 0.717) is 30.5 Å². The van der Waals surface area contributed by atoms with Crippen molar-refractivity contribution in [3.05, 3.63) is 0 Å². The van der Waals surface area contributed by atoms with Crippen LogP contribution in [0.25, 0.3) is 0 Å². The zero-order chi connectivity index (χ0) is 15.5. The van der Waals surface area contributed by atoms with E-state index < -0.39 is 6.10 Å². The van der Waals surface area contributed by atoms with Crippen LogP contribution in [0.3, 0.4) is 0 Å². The van der Waals surface area contributed by atoms with Gasteiger partial charge in [-0.2, -0.15) is 0 Å². The van der Waals surface area contributed by atoms with Gasteiger partial charge in [-0.3, -0.25) is 4.79 Å². The Bertz CT molecular complexity index is 376. The summed E-state index contributed by atoms with van der Waals surface area (Å²) in [4.78, 5) is 12.4. The Morgan fingerprint density at radius 3 is 2.57 bits per heavy atom. The molecule has 0 aromatic carbocycles. The summed E-state index contributed by atoms with van der Waals surface area (Å²) in [6.07, 6.45) is 7.67. The fourth-order valence-electron chi connectivity index (χ4n) is 4.41. The second-order valence-corrected chi connectivity index (χ2v) is 7.33. The third kappa shape index (κ3) is 4.81. The van der Waals surface area contributed by atoms with Gasteiger partial charge in [-0.1, -0.05) is 6.42 Å². The van der Waals surface area contributed by atoms with E-state index in [-0.39, 0.29) is 24.4 Å². The van der Waals surface area contributed by atoms with Crippen LogP contribution in [0.15, 0.2) is 0 Å². The predicted molar refractivity (Wildman–Crippen MR) is 91.6 cm³/mol. The van der Waals surface area contributed by atoms with Gasteiger partial charge in [0.15, 0.2) is 0 Å². The average molecular weight is 347 g/mol. The molecule has 0 aromatic rings. The van der Waals surface area contributed by atoms with Gasteiger partial charge in [0, 0.05) is 18.7 Å². The van der Waals surface area contributed by atoms with Crippen molar-refractivity contribution in [2.24, 2.45) is 17.6 Å². The van der Waals surface area contributed by atoms with Crippen LogP contribution in [-0.2, 0) is 14.3 Å². The number of nitrogens with two attached hydrogens (primary N) is 1. The molecule has 1 aliphatic heterocycles. The SMILES string of the molecule is CC(OCC1CCCO1)C(=O)NC1C2CCCC1CC(N)C2.Cl. The lowest BCUT2D eigenvalue weighted by molar-refractivity contribution is -0.136. The molecule has 3 aliphatic rings. The van der Waals surface area contributed by atoms with Crippen molar-refractivity contribution >= 4 is 18.3 Å². The molecule has 0 radical (unpaired) electrons. The predicted octanol–water partition coefficient (Wildman–Crippen LogP) is 2.01. The van der Waals surface area contributed by atoms with Crippen LogP contribution in [0.4, 0.5) is 0 Å². The van der Waals surface area contributed by atoms with E-state index >= 15 is 0 Å². The molecule has 0 aromatic heterocycles. The molecular formula is C17H31ClN2O3. The van der Waals surface area contributed by atoms with Crippen molar-refractivity contribution in [3.63, 3.8) is 0 Å². The molecule has 3 fully saturated rings. The number of fused-ring (bicyclic) bond motifs is 2. The van der Waals surface area contributed by atoms with Crippen molar-refractivity contribution < 1.29 is 14.3 Å². The van der Waals surface area contributed by atoms with Crippen LogP contribution < -0.4 is 11.1 Å². The van der Waals surface area contributed by atoms with E-state index in [2.05, 4.69) is 5.32 Å². The van der Waals surface area contributed by atoms with Crippen LogP contribution in [0.2, 0.25) is 0 Å². The van der Waals surface area contributed by atoms with Crippen molar-refractivity contribution in [2.45, 2.75) is 76.2 Å². The van der Waals surface area contributed by atoms with Gasteiger partial charge in [0.2, 0.25) is 5.91 Å². The molecule has 23 heavy (non-hydrogen) atoms. The van der Waals surface area contributed by atoms with Crippen LogP contribution in [0.1, 0.15) is 51.9 Å². The topological polar surface area (TPSA) is 73.6 Å². The molecule has 5 nitrogen and oxygen atoms in total. The molecule has 4 atom stereocenters. The molecule has 1 saturated heterocycles. The van der Waals surface area contributed by atoms with Crippen LogP contribution in [-0.4, -0.2) is 43.4 Å². The fourth-order valence-corrected chi connectivity index (χ4v) is 4.41. The zero-order valence-corrected chi connectivity index (χ0v) is 14.9. The molecule has 0 spiro atoms. The van der Waals surface area contributed by atoms with E-state index in [1.807, 2.05) is 6.92 Å². The lowest BCUT2D eigenvalue weighted by Crippen LogP contribution is -2.55. The summed E-state index contributed by atoms with van der Waals surface area (Å²) in [5.74, 6) is 1.13. The lowest BCUT2D eigenvalue weighted by Gasteiger charge is -2.45. The number of hydrogen-bond acceptors (Lipinski definition) is 4. The Balaban J connectivity index is 0.00000192. The van der Waals surface area contributed by atoms with Gasteiger partial charge in [-0.25, -0.2) is 0 Å². The van der Waals surface area contributed by atoms with Gasteiger partial charge in [0.25, 0.3) is 0 Å². The molecule has 2 bridgehead atoms. The standard InChI is InChI=1S/C17H30N2O3.ClH/c1-11(22-10-15-6-3-7-21-15)17(20)19-16-12-4-2-5-13(16)9-14(18)8-12;/h11-16H,2-10,18H2,1H3,(H,19,20);1H. The highest BCUT2D eigenvalue weighted by Crippen LogP contribution is 2.39. The van der Waals surface area contributed by atoms with Crippen LogP contribution in [0, 0.1) is 11.8 Å². The maximum atomic E-state index is 12.4. The number of ether oxygens (including phenoxy) is 2. The number of amides is 1. The molecule has 3 rings (SSSR count). The number of carbonyl (C=O) groups excluding carboxylic acids is 1. The minimum absolute atomic E-state index is 0. The maximum Gasteiger partial charge on any atom is 0.249 e. The second-order valence-electron chi connectivity index (χ2n) is 7.33. The van der Waals surface area contributed by atoms with Crippen LogP contribution >= 0.6 is 12.4 Å². The largest absolute Gasteiger partial charge is 0.376 e. The van der Waals surface area contributed by atoms with Gasteiger partial charge in [-0.05, 0) is 57.3 Å². The second kappa shape index (κ2) is 8.65. The van der Waals surface area contributed by atoms with Crippen molar-refractivity contribution in [3.8, 4) is 0 Å². The summed E-state index contributed by atoms with van der Waals surface area (Å²) in [6, 6.07) is 0.617. The first-order valence-corrected chi connectivity index (χ1v) is 8.92. The quantitative estimate of drug-likeness (QED) is 0.798. The van der Waals surface area contributed by atoms with E-state index in [0.717, 1.165) is 32.3 Å². The number of nitrogens with one attached hydrogen (secondary N) is 1. The van der Waals surface area contributed by atoms with E-state index in [9.17, 15) is 4.79 Å². The summed E-state index contributed by atoms with van der Waals surface area (Å²) in [5, 5.41) is 3.26. The molecule has 6 heteroatoms. The Hall–Kier alpha value is -0.360. The number of halogens is 1. The fraction of sp³-hybridized carbons (Fsp3) is 0.941. The van der Waals surface area contributed by atoms with Crippen molar-refractivity contribution in [1.82, 2.24) is 5.32 Å². The molecule has 134 valence electrons. The van der Waals surface area contributed by atoms with E-state index in [4.69, 9.17) is 15.2 Å². The Labute approximate surface area is 145 Å². The first-order chi connectivity index (χ1) is 10.6. The minimum Gasteiger partial charge on any atom is -0.376 e. The number of carbonyl (C=O) groups is 1. The minimum atomic E-state index is -0.402. The molecule has 1 amide bonds. The molecule has 1 heterocycles. The van der Waals surface area contributed by atoms with Gasteiger partial charge < -0.3 is 20.5 Å². The van der Waals surface area contributed by atoms with Gasteiger partial charge in [-0.15, -0.1) is 12.4 Å². The Kier molecular flexibility index (Phi) is 7.14. The average Bonchev–Trinajstić information content (AvgIpc) is 2.99. The first kappa shape index (κ1) is 19.0. The van der Waals surface area contributed by atoms with E-state index in [1.54, 1.807) is 0 Å². The molecule has 2 saturated carbocycles. The lowest BCUT2D eigenvalue weighted by atomic mass is 9.67. The Morgan fingerprint density at radius 2 is 1.96 bits per heavy atom. The smallest absolute Gasteiger partial charge is 0.249 e. The third-order valence-electron chi connectivity index (χ3n) is 5.61. The molecule has 4 unspecified atom stereocenters. The number of rotatable bonds is 5. The highest BCUT2D eigenvalue weighted by Gasteiger charge is 2.40. The molecular weight excluding hydrogens is 316 g/mol. The van der Waals surface area contributed by atoms with Crippen molar-refractivity contribution in [2.75, 3.05) is 13.2 Å². The monoisotopic (exact) mass is 346 g/mol. The molecule has 3 N–H and O–H groups in total. The highest BCUT2D eigenvalue weighted by molar-refractivity contribution is 5.85. The maximum absolute atomic E-state index is 12.4. The summed E-state index contributed by atoms with van der Waals surface area (Å²) in [5.41, 5.74) is 6.14. The summed E-state index contributed by atoms with van der Waals surface area (Å²) >= 11 is 0.